The molecule has 6 heteroatoms. The Morgan fingerprint density at radius 2 is 1.88 bits per heavy atom. The van der Waals surface area contributed by atoms with E-state index in [9.17, 15) is 0 Å². The molecule has 0 bridgehead atoms. The minimum atomic E-state index is -0.505. The molecule has 2 N–H and O–H groups in total. The van der Waals surface area contributed by atoms with Crippen LogP contribution >= 0.6 is 0 Å². The van der Waals surface area contributed by atoms with Crippen molar-refractivity contribution >= 4 is 12.5 Å². The fourth-order valence-electron chi connectivity index (χ4n) is 2.94. The van der Waals surface area contributed by atoms with E-state index in [2.05, 4.69) is 0 Å². The molecule has 3 rings (SSSR count). The highest BCUT2D eigenvalue weighted by atomic mass is 16.7. The molecule has 138 valence electrons. The Kier molecular flexibility index (Phi) is 6.69. The molecule has 0 radical (unpaired) electrons. The molecule has 1 unspecified atom stereocenters. The van der Waals surface area contributed by atoms with Crippen LogP contribution in [-0.2, 0) is 20.7 Å². The van der Waals surface area contributed by atoms with Crippen LogP contribution in [0.5, 0.6) is 11.5 Å². The monoisotopic (exact) mass is 355 g/mol. The van der Waals surface area contributed by atoms with Crippen LogP contribution in [0.3, 0.4) is 0 Å². The van der Waals surface area contributed by atoms with Crippen molar-refractivity contribution in [1.82, 2.24) is 0 Å². The van der Waals surface area contributed by atoms with Crippen LogP contribution in [0.1, 0.15) is 30.4 Å². The van der Waals surface area contributed by atoms with Gasteiger partial charge in [-0.05, 0) is 61.5 Å². The summed E-state index contributed by atoms with van der Waals surface area (Å²) in [4.78, 5) is 0. The minimum absolute atomic E-state index is 0.156. The predicted octanol–water partition coefficient (Wildman–Crippen LogP) is 3.13. The van der Waals surface area contributed by atoms with E-state index in [-0.39, 0.29) is 6.29 Å². The number of nitrogens with two attached hydrogens (primary N) is 1. The zero-order valence-electron chi connectivity index (χ0n) is 15.4. The second kappa shape index (κ2) is 9.19. The summed E-state index contributed by atoms with van der Waals surface area (Å²) in [5.74, 6) is 1.53. The summed E-state index contributed by atoms with van der Waals surface area (Å²) in [5, 5.41) is 0. The lowest BCUT2D eigenvalue weighted by molar-refractivity contribution is -0.168. The Labute approximate surface area is 155 Å². The van der Waals surface area contributed by atoms with E-state index in [0.29, 0.717) is 6.61 Å². The fourth-order valence-corrected chi connectivity index (χ4v) is 2.94. The van der Waals surface area contributed by atoms with E-state index >= 15 is 0 Å². The van der Waals surface area contributed by atoms with Gasteiger partial charge in [-0.1, -0.05) is 23.8 Å². The van der Waals surface area contributed by atoms with E-state index in [1.165, 1.54) is 5.56 Å². The average Bonchev–Trinajstić information content (AvgIpc) is 2.68. The highest BCUT2D eigenvalue weighted by molar-refractivity contribution is 6.64. The van der Waals surface area contributed by atoms with Gasteiger partial charge in [-0.3, -0.25) is 0 Å². The highest BCUT2D eigenvalue weighted by Gasteiger charge is 2.20. The van der Waals surface area contributed by atoms with Crippen LogP contribution in [0.15, 0.2) is 42.5 Å². The van der Waals surface area contributed by atoms with Gasteiger partial charge in [0, 0.05) is 13.7 Å². The van der Waals surface area contributed by atoms with Crippen molar-refractivity contribution in [3.05, 3.63) is 53.6 Å². The van der Waals surface area contributed by atoms with Crippen molar-refractivity contribution < 1.29 is 18.9 Å². The molecule has 1 aliphatic rings. The van der Waals surface area contributed by atoms with Gasteiger partial charge in [-0.15, -0.1) is 0 Å². The van der Waals surface area contributed by atoms with Gasteiger partial charge in [0.25, 0.3) is 0 Å². The topological polar surface area (TPSA) is 62.9 Å². The first-order chi connectivity index (χ1) is 12.7. The third-order valence-corrected chi connectivity index (χ3v) is 4.49. The number of rotatable bonds is 7. The maximum atomic E-state index is 6.07. The molecule has 1 saturated heterocycles. The van der Waals surface area contributed by atoms with Crippen molar-refractivity contribution in [2.24, 2.45) is 5.64 Å². The summed E-state index contributed by atoms with van der Waals surface area (Å²) in [7, 11) is 1.09. The quantitative estimate of drug-likeness (QED) is 0.773. The number of hydrogen-bond acceptors (Lipinski definition) is 5. The Bertz CT molecular complexity index is 701. The fraction of sp³-hybridized carbons (Fsp3) is 0.400. The largest absolute Gasteiger partial charge is 0.457 e. The smallest absolute Gasteiger partial charge is 0.413 e. The summed E-state index contributed by atoms with van der Waals surface area (Å²) < 4.78 is 22.8. The van der Waals surface area contributed by atoms with E-state index in [4.69, 9.17) is 24.5 Å². The van der Waals surface area contributed by atoms with Gasteiger partial charge < -0.3 is 24.5 Å². The minimum Gasteiger partial charge on any atom is -0.457 e. The van der Waals surface area contributed by atoms with Gasteiger partial charge in [0.1, 0.15) is 11.5 Å². The van der Waals surface area contributed by atoms with Crippen molar-refractivity contribution in [2.75, 3.05) is 13.7 Å². The maximum Gasteiger partial charge on any atom is 0.413 e. The summed E-state index contributed by atoms with van der Waals surface area (Å²) in [6.07, 6.45) is 2.99. The third kappa shape index (κ3) is 5.08. The molecule has 1 fully saturated rings. The molecule has 0 aliphatic carbocycles. The van der Waals surface area contributed by atoms with Gasteiger partial charge in [0.05, 0.1) is 6.61 Å². The van der Waals surface area contributed by atoms with Crippen LogP contribution in [0, 0.1) is 6.92 Å². The van der Waals surface area contributed by atoms with Gasteiger partial charge in [-0.25, -0.2) is 0 Å². The van der Waals surface area contributed by atoms with Crippen LogP contribution in [0.4, 0.5) is 0 Å². The van der Waals surface area contributed by atoms with E-state index in [0.717, 1.165) is 48.4 Å². The molecule has 2 aromatic carbocycles. The standard InChI is InChI=1S/C20H26BNO4/c1-15-6-8-17(9-7-15)26-18-10-11-19(21(22)23-2)16(13-18)14-25-20-5-3-4-12-24-20/h6-11,13,20H,3-5,12,14,22H2,1-2H3. The molecule has 0 amide bonds. The molecule has 1 heterocycles. The maximum absolute atomic E-state index is 6.07. The van der Waals surface area contributed by atoms with E-state index in [1.807, 2.05) is 49.4 Å². The summed E-state index contributed by atoms with van der Waals surface area (Å²) in [6, 6.07) is 13.7. The molecular weight excluding hydrogens is 329 g/mol. The normalized spacial score (nSPS) is 17.1. The van der Waals surface area contributed by atoms with E-state index < -0.39 is 7.05 Å². The zero-order chi connectivity index (χ0) is 18.4. The first-order valence-electron chi connectivity index (χ1n) is 9.04. The Morgan fingerprint density at radius 1 is 1.12 bits per heavy atom. The Balaban J connectivity index is 1.75. The molecule has 1 atom stereocenters. The summed E-state index contributed by atoms with van der Waals surface area (Å²) >= 11 is 0. The predicted molar refractivity (Wildman–Crippen MR) is 103 cm³/mol. The lowest BCUT2D eigenvalue weighted by Gasteiger charge is -2.23. The van der Waals surface area contributed by atoms with Crippen LogP contribution in [-0.4, -0.2) is 27.1 Å². The Hall–Kier alpha value is -1.86. The molecule has 26 heavy (non-hydrogen) atoms. The molecular formula is C20H26BNO4. The van der Waals surface area contributed by atoms with Crippen molar-refractivity contribution in [3.8, 4) is 11.5 Å². The Morgan fingerprint density at radius 3 is 2.58 bits per heavy atom. The van der Waals surface area contributed by atoms with Crippen molar-refractivity contribution in [1.29, 1.82) is 0 Å². The molecule has 0 saturated carbocycles. The van der Waals surface area contributed by atoms with Crippen molar-refractivity contribution in [3.63, 3.8) is 0 Å². The van der Waals surface area contributed by atoms with Crippen LogP contribution in [0.25, 0.3) is 0 Å². The second-order valence-electron chi connectivity index (χ2n) is 6.54. The van der Waals surface area contributed by atoms with Crippen LogP contribution < -0.4 is 15.8 Å². The van der Waals surface area contributed by atoms with Gasteiger partial charge >= 0.3 is 7.05 Å². The molecule has 5 nitrogen and oxygen atoms in total. The SMILES string of the molecule is COB(N)c1ccc(Oc2ccc(C)cc2)cc1COC1CCCCO1. The van der Waals surface area contributed by atoms with Gasteiger partial charge in [0.2, 0.25) is 0 Å². The highest BCUT2D eigenvalue weighted by Crippen LogP contribution is 2.23. The summed E-state index contributed by atoms with van der Waals surface area (Å²) in [5.41, 5.74) is 9.10. The number of hydrogen-bond donors (Lipinski definition) is 1. The molecule has 1 aliphatic heterocycles. The molecule has 0 aromatic heterocycles. The first kappa shape index (κ1) is 18.9. The number of aryl methyl sites for hydroxylation is 1. The third-order valence-electron chi connectivity index (χ3n) is 4.49. The first-order valence-corrected chi connectivity index (χ1v) is 9.04. The number of ether oxygens (including phenoxy) is 3. The lowest BCUT2D eigenvalue weighted by Crippen LogP contribution is -2.44. The zero-order valence-corrected chi connectivity index (χ0v) is 15.4. The van der Waals surface area contributed by atoms with Crippen molar-refractivity contribution in [2.45, 2.75) is 39.1 Å². The molecule has 0 spiro atoms. The van der Waals surface area contributed by atoms with Gasteiger partial charge in [0.15, 0.2) is 6.29 Å². The lowest BCUT2D eigenvalue weighted by atomic mass is 9.72. The summed E-state index contributed by atoms with van der Waals surface area (Å²) in [6.45, 7) is 3.21. The molecule has 2 aromatic rings. The van der Waals surface area contributed by atoms with Gasteiger partial charge in [-0.2, -0.15) is 0 Å². The average molecular weight is 355 g/mol. The van der Waals surface area contributed by atoms with E-state index in [1.54, 1.807) is 7.11 Å². The van der Waals surface area contributed by atoms with Crippen LogP contribution in [0.2, 0.25) is 0 Å². The number of benzene rings is 2. The second-order valence-corrected chi connectivity index (χ2v) is 6.54.